The van der Waals surface area contributed by atoms with E-state index in [0.717, 1.165) is 118 Å². The molecule has 16 aromatic rings. The van der Waals surface area contributed by atoms with Crippen LogP contribution < -0.4 is 0 Å². The molecule has 0 aliphatic rings. The van der Waals surface area contributed by atoms with E-state index in [0.29, 0.717) is 33.4 Å². The SMILES string of the molecule is [C-]#[N+]c1cccc(C(F)(F)F)c1-c1cc(-n2c3ccccc3c3cc(C)ccc32)c(-n2c3ccccc3c3cc(C)ccc32)cc1C#N.[C-]#[N+]c1cccc(C(F)(F)F)c1-c1cc(-n2c3ccccc3c3cc(C)ccc32)c(-n2c3ccccc3c3cc(C)ccc32)cc1C(F)(F)F. The molecule has 0 aliphatic heterocycles. The minimum absolute atomic E-state index is 0.0324. The van der Waals surface area contributed by atoms with Crippen molar-refractivity contribution in [2.45, 2.75) is 46.2 Å². The van der Waals surface area contributed by atoms with Crippen LogP contribution in [0.4, 0.5) is 50.9 Å². The van der Waals surface area contributed by atoms with Crippen molar-refractivity contribution in [3.05, 3.63) is 298 Å². The number of alkyl halides is 9. The van der Waals surface area contributed by atoms with Gasteiger partial charge in [0.15, 0.2) is 11.4 Å². The van der Waals surface area contributed by atoms with Crippen LogP contribution in [0.1, 0.15) is 44.5 Å². The van der Waals surface area contributed by atoms with Gasteiger partial charge < -0.3 is 18.3 Å². The number of fused-ring (bicyclic) bond motifs is 12. The average molecular weight is 1300 g/mol. The van der Waals surface area contributed by atoms with Crippen LogP contribution in [0, 0.1) is 52.2 Å². The zero-order valence-corrected chi connectivity index (χ0v) is 52.5. The van der Waals surface area contributed by atoms with Crippen LogP contribution in [0.3, 0.4) is 0 Å². The molecule has 476 valence electrons. The third-order valence-electron chi connectivity index (χ3n) is 18.4. The Morgan fingerprint density at radius 3 is 0.908 bits per heavy atom. The summed E-state index contributed by atoms with van der Waals surface area (Å²) in [5, 5.41) is 17.9. The van der Waals surface area contributed by atoms with Gasteiger partial charge in [-0.25, -0.2) is 9.69 Å². The Morgan fingerprint density at radius 1 is 0.306 bits per heavy atom. The lowest BCUT2D eigenvalue weighted by molar-refractivity contribution is -0.139. The predicted octanol–water partition coefficient (Wildman–Crippen LogP) is 24.4. The summed E-state index contributed by atoms with van der Waals surface area (Å²) in [6, 6.07) is 68.6. The molecule has 4 aromatic heterocycles. The van der Waals surface area contributed by atoms with E-state index in [1.54, 1.807) is 22.8 Å². The van der Waals surface area contributed by atoms with Gasteiger partial charge in [0.05, 0.1) is 108 Å². The van der Waals surface area contributed by atoms with Gasteiger partial charge in [0, 0.05) is 54.2 Å². The number of hydrogen-bond acceptors (Lipinski definition) is 1. The summed E-state index contributed by atoms with van der Waals surface area (Å²) >= 11 is 0. The van der Waals surface area contributed by atoms with Crippen molar-refractivity contribution in [3.63, 3.8) is 0 Å². The largest absolute Gasteiger partial charge is 0.417 e. The Morgan fingerprint density at radius 2 is 0.592 bits per heavy atom. The fourth-order valence-corrected chi connectivity index (χ4v) is 14.3. The molecule has 0 bridgehead atoms. The molecule has 98 heavy (non-hydrogen) atoms. The van der Waals surface area contributed by atoms with Crippen LogP contribution in [0.5, 0.6) is 0 Å². The highest BCUT2D eigenvalue weighted by Gasteiger charge is 2.41. The Bertz CT molecular complexity index is 6190. The maximum Gasteiger partial charge on any atom is 0.417 e. The topological polar surface area (TPSA) is 52.2 Å². The Hall–Kier alpha value is -12.3. The molecular formula is C82H50F9N7. The number of nitriles is 1. The predicted molar refractivity (Wildman–Crippen MR) is 372 cm³/mol. The normalized spacial score (nSPS) is 12.1. The van der Waals surface area contributed by atoms with Crippen molar-refractivity contribution in [3.8, 4) is 51.1 Å². The van der Waals surface area contributed by atoms with E-state index in [1.165, 1.54) is 18.2 Å². The van der Waals surface area contributed by atoms with Crippen LogP contribution in [-0.4, -0.2) is 18.3 Å². The summed E-state index contributed by atoms with van der Waals surface area (Å²) in [4.78, 5) is 6.77. The molecule has 4 heterocycles. The lowest BCUT2D eigenvalue weighted by atomic mass is 9.91. The maximum atomic E-state index is 15.4. The van der Waals surface area contributed by atoms with Gasteiger partial charge in [-0.3, -0.25) is 0 Å². The lowest BCUT2D eigenvalue weighted by Gasteiger charge is -2.24. The summed E-state index contributed by atoms with van der Waals surface area (Å²) in [7, 11) is 0. The highest BCUT2D eigenvalue weighted by atomic mass is 19.4. The number of hydrogen-bond donors (Lipinski definition) is 0. The van der Waals surface area contributed by atoms with Crippen molar-refractivity contribution in [1.82, 2.24) is 18.3 Å². The van der Waals surface area contributed by atoms with Crippen LogP contribution >= 0.6 is 0 Å². The summed E-state index contributed by atoms with van der Waals surface area (Å²) in [5.74, 6) is 0. The van der Waals surface area contributed by atoms with Crippen LogP contribution in [0.25, 0.3) is 142 Å². The minimum atomic E-state index is -5.09. The van der Waals surface area contributed by atoms with Gasteiger partial charge in [0.25, 0.3) is 0 Å². The number of aromatic nitrogens is 4. The number of halogens is 9. The van der Waals surface area contributed by atoms with Gasteiger partial charge in [0.2, 0.25) is 0 Å². The second kappa shape index (κ2) is 23.0. The first kappa shape index (κ1) is 61.8. The van der Waals surface area contributed by atoms with Crippen LogP contribution in [0.15, 0.2) is 231 Å². The second-order valence-electron chi connectivity index (χ2n) is 24.5. The molecule has 0 aliphatic carbocycles. The fourth-order valence-electron chi connectivity index (χ4n) is 14.3. The van der Waals surface area contributed by atoms with E-state index >= 15 is 13.2 Å². The van der Waals surface area contributed by atoms with Gasteiger partial charge in [-0.1, -0.05) is 156 Å². The summed E-state index contributed by atoms with van der Waals surface area (Å²) in [5.41, 5.74) is 5.68. The molecule has 0 radical (unpaired) electrons. The molecule has 0 saturated heterocycles. The molecule has 0 saturated carbocycles. The van der Waals surface area contributed by atoms with E-state index < -0.39 is 52.0 Å². The smallest absolute Gasteiger partial charge is 0.307 e. The fraction of sp³-hybridized carbons (Fsp3) is 0.0854. The maximum absolute atomic E-state index is 15.4. The van der Waals surface area contributed by atoms with E-state index in [-0.39, 0.29) is 33.8 Å². The summed E-state index contributed by atoms with van der Waals surface area (Å²) in [6.07, 6.45) is -14.9. The third kappa shape index (κ3) is 9.96. The van der Waals surface area contributed by atoms with Gasteiger partial charge in [0.1, 0.15) is 0 Å². The van der Waals surface area contributed by atoms with Crippen molar-refractivity contribution in [2.24, 2.45) is 0 Å². The molecule has 0 amide bonds. The lowest BCUT2D eigenvalue weighted by Crippen LogP contribution is -2.14. The summed E-state index contributed by atoms with van der Waals surface area (Å²) in [6.45, 7) is 23.4. The zero-order chi connectivity index (χ0) is 68.4. The minimum Gasteiger partial charge on any atom is -0.307 e. The van der Waals surface area contributed by atoms with Crippen molar-refractivity contribution in [2.75, 3.05) is 0 Å². The number of para-hydroxylation sites is 4. The summed E-state index contributed by atoms with van der Waals surface area (Å²) < 4.78 is 141. The molecule has 12 aromatic carbocycles. The molecule has 7 nitrogen and oxygen atoms in total. The van der Waals surface area contributed by atoms with Gasteiger partial charge in [-0.05, 0) is 136 Å². The van der Waals surface area contributed by atoms with E-state index in [9.17, 15) is 31.6 Å². The van der Waals surface area contributed by atoms with E-state index in [1.807, 2.05) is 178 Å². The number of rotatable bonds is 6. The highest BCUT2D eigenvalue weighted by molar-refractivity contribution is 6.14. The molecule has 0 spiro atoms. The van der Waals surface area contributed by atoms with Gasteiger partial charge in [-0.15, -0.1) is 0 Å². The second-order valence-corrected chi connectivity index (χ2v) is 24.5. The van der Waals surface area contributed by atoms with E-state index in [2.05, 4.69) is 43.1 Å². The first-order chi connectivity index (χ1) is 47.1. The van der Waals surface area contributed by atoms with Crippen LogP contribution in [0.2, 0.25) is 0 Å². The Kier molecular flexibility index (Phi) is 14.5. The molecule has 0 fully saturated rings. The van der Waals surface area contributed by atoms with Gasteiger partial charge in [-0.2, -0.15) is 44.8 Å². The van der Waals surface area contributed by atoms with Crippen LogP contribution in [-0.2, 0) is 18.5 Å². The van der Waals surface area contributed by atoms with Crippen molar-refractivity contribution >= 4 is 98.6 Å². The third-order valence-corrected chi connectivity index (χ3v) is 18.4. The molecular weight excluding hydrogens is 1250 g/mol. The monoisotopic (exact) mass is 1300 g/mol. The average Bonchev–Trinajstić information content (AvgIpc) is 1.48. The number of aryl methyl sites for hydroxylation is 4. The molecule has 16 rings (SSSR count). The first-order valence-corrected chi connectivity index (χ1v) is 31.1. The zero-order valence-electron chi connectivity index (χ0n) is 52.5. The molecule has 0 N–H and O–H groups in total. The Balaban J connectivity index is 0.000000160. The van der Waals surface area contributed by atoms with Crippen molar-refractivity contribution in [1.29, 1.82) is 5.26 Å². The molecule has 0 unspecified atom stereocenters. The first-order valence-electron chi connectivity index (χ1n) is 31.1. The Labute approximate surface area is 554 Å². The number of benzene rings is 12. The molecule has 16 heteroatoms. The standard InChI is InChI=1S/C41H25F6N3.C41H25F3N4/c1-23-15-17-35-27(19-23)25-9-4-6-13-33(25)49(35)37-21-29(39-30(40(42,43)44)11-8-12-32(39)48-3)31(41(45,46)47)22-38(37)50-34-14-7-5-10-26(34)28-20-24(2)16-18-36(28)50;1-24-15-17-36-30(19-24)27-9-4-6-13-34(27)47(36)38-21-26(23-45)29(40-32(41(42,43)44)11-8-12-33(40)46-3)22-39(38)48-35-14-7-5-10-28(35)31-20-25(2)16-18-37(31)48/h4-22H,1-2H3;4-22H,1-2H3. The van der Waals surface area contributed by atoms with Crippen molar-refractivity contribution < 1.29 is 39.5 Å². The number of nitrogens with zero attached hydrogens (tertiary/aromatic N) is 7. The van der Waals surface area contributed by atoms with E-state index in [4.69, 9.17) is 13.1 Å². The van der Waals surface area contributed by atoms with Gasteiger partial charge >= 0.3 is 18.5 Å². The molecule has 0 atom stereocenters. The highest BCUT2D eigenvalue weighted by Crippen LogP contribution is 2.52. The quantitative estimate of drug-likeness (QED) is 0.121.